The number of aromatic nitrogens is 2. The van der Waals surface area contributed by atoms with Gasteiger partial charge in [0.1, 0.15) is 5.78 Å². The van der Waals surface area contributed by atoms with Gasteiger partial charge in [-0.25, -0.2) is 0 Å². The monoisotopic (exact) mass is 312 g/mol. The molecule has 1 aromatic rings. The first-order chi connectivity index (χ1) is 8.52. The molecule has 4 heteroatoms. The highest BCUT2D eigenvalue weighted by Crippen LogP contribution is 2.32. The number of carbonyl (C=O) groups excluding carboxylic acids is 1. The van der Waals surface area contributed by atoms with Crippen molar-refractivity contribution >= 4 is 21.7 Å². The molecule has 0 aromatic carbocycles. The van der Waals surface area contributed by atoms with Crippen LogP contribution in [0.4, 0.5) is 0 Å². The van der Waals surface area contributed by atoms with Crippen LogP contribution in [0.25, 0.3) is 0 Å². The Balaban J connectivity index is 2.11. The number of halogens is 1. The van der Waals surface area contributed by atoms with Crippen LogP contribution < -0.4 is 0 Å². The van der Waals surface area contributed by atoms with Gasteiger partial charge in [0.15, 0.2) is 0 Å². The molecular weight excluding hydrogens is 292 g/mol. The second-order valence-electron chi connectivity index (χ2n) is 5.42. The molecule has 0 N–H and O–H groups in total. The molecule has 1 aliphatic carbocycles. The minimum Gasteiger partial charge on any atom is -0.299 e. The molecule has 1 aliphatic rings. The quantitative estimate of drug-likeness (QED) is 0.852. The number of hydrogen-bond donors (Lipinski definition) is 0. The Kier molecular flexibility index (Phi) is 4.25. The summed E-state index contributed by atoms with van der Waals surface area (Å²) in [6, 6.07) is 0. The van der Waals surface area contributed by atoms with Crippen LogP contribution in [0.15, 0.2) is 4.47 Å². The van der Waals surface area contributed by atoms with Crippen molar-refractivity contribution in [3.8, 4) is 0 Å². The van der Waals surface area contributed by atoms with Crippen LogP contribution in [0.2, 0.25) is 0 Å². The predicted octanol–water partition coefficient (Wildman–Crippen LogP) is 3.52. The molecular formula is C14H21BrN2O. The molecule has 0 saturated heterocycles. The number of rotatable bonds is 4. The molecule has 1 heterocycles. The first-order valence-corrected chi connectivity index (χ1v) is 7.56. The summed E-state index contributed by atoms with van der Waals surface area (Å²) >= 11 is 3.56. The molecule has 18 heavy (non-hydrogen) atoms. The van der Waals surface area contributed by atoms with Gasteiger partial charge in [-0.05, 0) is 55.0 Å². The molecule has 1 aromatic heterocycles. The number of hydrogen-bond acceptors (Lipinski definition) is 2. The van der Waals surface area contributed by atoms with Crippen LogP contribution in [-0.4, -0.2) is 15.6 Å². The zero-order valence-corrected chi connectivity index (χ0v) is 13.0. The number of ketones is 1. The van der Waals surface area contributed by atoms with Crippen molar-refractivity contribution in [3.05, 3.63) is 15.9 Å². The van der Waals surface area contributed by atoms with Gasteiger partial charge in [0.05, 0.1) is 15.9 Å². The third-order valence-corrected chi connectivity index (χ3v) is 4.98. The van der Waals surface area contributed by atoms with E-state index in [2.05, 4.69) is 34.9 Å². The number of Topliss-reactive ketones (excluding diaryl/α,β-unsaturated/α-hetero) is 1. The van der Waals surface area contributed by atoms with Crippen LogP contribution in [0.5, 0.6) is 0 Å². The van der Waals surface area contributed by atoms with Gasteiger partial charge in [0.25, 0.3) is 0 Å². The van der Waals surface area contributed by atoms with E-state index in [4.69, 9.17) is 0 Å². The van der Waals surface area contributed by atoms with E-state index >= 15 is 0 Å². The summed E-state index contributed by atoms with van der Waals surface area (Å²) in [5.41, 5.74) is 2.01. The largest absolute Gasteiger partial charge is 0.299 e. The maximum absolute atomic E-state index is 12.3. The molecule has 0 spiro atoms. The fourth-order valence-electron chi connectivity index (χ4n) is 2.85. The second kappa shape index (κ2) is 5.55. The molecule has 2 atom stereocenters. The Morgan fingerprint density at radius 3 is 2.78 bits per heavy atom. The van der Waals surface area contributed by atoms with Crippen molar-refractivity contribution in [3.63, 3.8) is 0 Å². The van der Waals surface area contributed by atoms with Gasteiger partial charge in [-0.2, -0.15) is 5.10 Å². The van der Waals surface area contributed by atoms with Crippen LogP contribution in [0.3, 0.4) is 0 Å². The van der Waals surface area contributed by atoms with E-state index in [9.17, 15) is 4.79 Å². The maximum Gasteiger partial charge on any atom is 0.141 e. The van der Waals surface area contributed by atoms with E-state index in [0.29, 0.717) is 18.1 Å². The summed E-state index contributed by atoms with van der Waals surface area (Å²) < 4.78 is 2.94. The number of nitrogens with zero attached hydrogens (tertiary/aromatic N) is 2. The fourth-order valence-corrected chi connectivity index (χ4v) is 3.27. The van der Waals surface area contributed by atoms with Crippen LogP contribution in [0, 0.1) is 18.8 Å². The Bertz CT molecular complexity index is 453. The number of carbonyl (C=O) groups is 1. The van der Waals surface area contributed by atoms with Crippen molar-refractivity contribution in [1.29, 1.82) is 0 Å². The lowest BCUT2D eigenvalue weighted by molar-refractivity contribution is -0.122. The Hall–Kier alpha value is -0.640. The van der Waals surface area contributed by atoms with Crippen LogP contribution in [0.1, 0.15) is 44.5 Å². The highest BCUT2D eigenvalue weighted by atomic mass is 79.9. The molecule has 0 bridgehead atoms. The summed E-state index contributed by atoms with van der Waals surface area (Å²) in [5, 5.41) is 4.44. The van der Waals surface area contributed by atoms with Crippen LogP contribution >= 0.6 is 15.9 Å². The van der Waals surface area contributed by atoms with E-state index in [1.54, 1.807) is 0 Å². The topological polar surface area (TPSA) is 34.9 Å². The van der Waals surface area contributed by atoms with Crippen LogP contribution in [-0.2, 0) is 17.8 Å². The average molecular weight is 313 g/mol. The molecule has 2 unspecified atom stereocenters. The lowest BCUT2D eigenvalue weighted by Gasteiger charge is -2.10. The predicted molar refractivity (Wildman–Crippen MR) is 75.6 cm³/mol. The normalized spacial score (nSPS) is 23.6. The van der Waals surface area contributed by atoms with Crippen molar-refractivity contribution in [1.82, 2.24) is 9.78 Å². The fraction of sp³-hybridized carbons (Fsp3) is 0.714. The Morgan fingerprint density at radius 2 is 2.22 bits per heavy atom. The first kappa shape index (κ1) is 13.8. The van der Waals surface area contributed by atoms with E-state index in [-0.39, 0.29) is 5.92 Å². The van der Waals surface area contributed by atoms with E-state index in [0.717, 1.165) is 35.2 Å². The zero-order chi connectivity index (χ0) is 13.3. The molecule has 1 fully saturated rings. The molecule has 0 aliphatic heterocycles. The third-order valence-electron chi connectivity index (χ3n) is 3.94. The summed E-state index contributed by atoms with van der Waals surface area (Å²) in [6.07, 6.45) is 3.85. The highest BCUT2D eigenvalue weighted by Gasteiger charge is 2.28. The van der Waals surface area contributed by atoms with Gasteiger partial charge >= 0.3 is 0 Å². The van der Waals surface area contributed by atoms with E-state index < -0.39 is 0 Å². The van der Waals surface area contributed by atoms with Crippen molar-refractivity contribution in [2.75, 3.05) is 0 Å². The standard InChI is InChI=1S/C14H21BrN2O/c1-4-17-12(14(15)10(3)16-17)8-13(18)11-6-5-9(2)7-11/h9,11H,4-8H2,1-3H3. The lowest BCUT2D eigenvalue weighted by Crippen LogP contribution is -2.17. The van der Waals surface area contributed by atoms with Gasteiger partial charge in [-0.1, -0.05) is 6.92 Å². The molecule has 3 nitrogen and oxygen atoms in total. The van der Waals surface area contributed by atoms with Crippen molar-refractivity contribution in [2.24, 2.45) is 11.8 Å². The molecule has 1 saturated carbocycles. The summed E-state index contributed by atoms with van der Waals surface area (Å²) in [4.78, 5) is 12.3. The van der Waals surface area contributed by atoms with Gasteiger partial charge in [0, 0.05) is 18.9 Å². The number of aryl methyl sites for hydroxylation is 2. The average Bonchev–Trinajstić information content (AvgIpc) is 2.88. The summed E-state index contributed by atoms with van der Waals surface area (Å²) in [7, 11) is 0. The van der Waals surface area contributed by atoms with E-state index in [1.165, 1.54) is 6.42 Å². The maximum atomic E-state index is 12.3. The van der Waals surface area contributed by atoms with Crippen molar-refractivity contribution in [2.45, 2.75) is 53.0 Å². The third kappa shape index (κ3) is 2.68. The summed E-state index contributed by atoms with van der Waals surface area (Å²) in [6.45, 7) is 7.09. The smallest absolute Gasteiger partial charge is 0.141 e. The van der Waals surface area contributed by atoms with Gasteiger partial charge < -0.3 is 0 Å². The Morgan fingerprint density at radius 1 is 1.50 bits per heavy atom. The first-order valence-electron chi connectivity index (χ1n) is 6.77. The van der Waals surface area contributed by atoms with Crippen molar-refractivity contribution < 1.29 is 4.79 Å². The van der Waals surface area contributed by atoms with Gasteiger partial charge in [-0.15, -0.1) is 0 Å². The zero-order valence-electron chi connectivity index (χ0n) is 11.4. The molecule has 0 radical (unpaired) electrons. The minimum absolute atomic E-state index is 0.271. The van der Waals surface area contributed by atoms with Gasteiger partial charge in [0.2, 0.25) is 0 Å². The molecule has 100 valence electrons. The van der Waals surface area contributed by atoms with Gasteiger partial charge in [-0.3, -0.25) is 9.48 Å². The Labute approximate surface area is 117 Å². The SMILES string of the molecule is CCn1nc(C)c(Br)c1CC(=O)C1CCC(C)C1. The second-order valence-corrected chi connectivity index (χ2v) is 6.21. The molecule has 2 rings (SSSR count). The lowest BCUT2D eigenvalue weighted by atomic mass is 9.97. The van der Waals surface area contributed by atoms with E-state index in [1.807, 2.05) is 11.6 Å². The molecule has 0 amide bonds. The summed E-state index contributed by atoms with van der Waals surface area (Å²) in [5.74, 6) is 1.36. The highest BCUT2D eigenvalue weighted by molar-refractivity contribution is 9.10. The minimum atomic E-state index is 0.271.